The zero-order valence-electron chi connectivity index (χ0n) is 13.2. The molecule has 23 heavy (non-hydrogen) atoms. The maximum atomic E-state index is 5.73. The van der Waals surface area contributed by atoms with Gasteiger partial charge in [0.15, 0.2) is 5.11 Å². The van der Waals surface area contributed by atoms with E-state index in [-0.39, 0.29) is 12.1 Å². The van der Waals surface area contributed by atoms with Crippen LogP contribution in [0.4, 0.5) is 0 Å². The molecule has 5 heteroatoms. The summed E-state index contributed by atoms with van der Waals surface area (Å²) in [6, 6.07) is 11.6. The van der Waals surface area contributed by atoms with E-state index in [0.717, 1.165) is 10.8 Å². The van der Waals surface area contributed by atoms with E-state index in [2.05, 4.69) is 46.4 Å². The Hall–Kier alpha value is -1.46. The largest absolute Gasteiger partial charge is 0.352 e. The fraction of sp³-hybridized carbons (Fsp3) is 0.444. The number of pyridine rings is 1. The summed E-state index contributed by atoms with van der Waals surface area (Å²) in [7, 11) is 0. The van der Waals surface area contributed by atoms with Gasteiger partial charge >= 0.3 is 0 Å². The molecule has 3 heterocycles. The number of thiocarbonyl (C=S) groups is 1. The van der Waals surface area contributed by atoms with Crippen molar-refractivity contribution in [3.8, 4) is 0 Å². The predicted molar refractivity (Wildman–Crippen MR) is 98.6 cm³/mol. The molecule has 2 aromatic rings. The molecule has 1 saturated carbocycles. The summed E-state index contributed by atoms with van der Waals surface area (Å²) in [5.41, 5.74) is 1.08. The maximum absolute atomic E-state index is 5.73. The standard InChI is InChI=1S/C18H21N3S2/c1-12-9-10-15(23-12)17-16(14-8-4-5-11-19-14)20-18(22)21(17)13-6-2-3-7-13/h4-5,8-11,13,16-17H,2-3,6-7H2,1H3,(H,20,22)/t16-,17+/m1/s1. The molecule has 0 radical (unpaired) electrons. The van der Waals surface area contributed by atoms with Crippen molar-refractivity contribution >= 4 is 28.7 Å². The summed E-state index contributed by atoms with van der Waals surface area (Å²) in [5.74, 6) is 0. The topological polar surface area (TPSA) is 28.2 Å². The van der Waals surface area contributed by atoms with Crippen molar-refractivity contribution in [1.29, 1.82) is 0 Å². The van der Waals surface area contributed by atoms with Crippen molar-refractivity contribution in [3.05, 3.63) is 52.0 Å². The Morgan fingerprint density at radius 1 is 1.22 bits per heavy atom. The SMILES string of the molecule is Cc1ccc([C@H]2[C@@H](c3ccccn3)NC(=S)N2C2CCCC2)s1. The van der Waals surface area contributed by atoms with Gasteiger partial charge < -0.3 is 10.2 Å². The molecule has 2 fully saturated rings. The number of rotatable bonds is 3. The normalized spacial score (nSPS) is 25.1. The molecule has 2 aromatic heterocycles. The second-order valence-corrected chi connectivity index (χ2v) is 8.13. The molecule has 4 rings (SSSR count). The van der Waals surface area contributed by atoms with Gasteiger partial charge in [-0.15, -0.1) is 11.3 Å². The number of aromatic nitrogens is 1. The van der Waals surface area contributed by atoms with Gasteiger partial charge in [-0.25, -0.2) is 0 Å². The number of nitrogens with zero attached hydrogens (tertiary/aromatic N) is 2. The van der Waals surface area contributed by atoms with E-state index < -0.39 is 0 Å². The minimum Gasteiger partial charge on any atom is -0.352 e. The Bertz CT molecular complexity index is 691. The Morgan fingerprint density at radius 2 is 2.04 bits per heavy atom. The summed E-state index contributed by atoms with van der Waals surface area (Å²) < 4.78 is 0. The minimum absolute atomic E-state index is 0.141. The third kappa shape index (κ3) is 2.76. The van der Waals surface area contributed by atoms with Crippen molar-refractivity contribution in [3.63, 3.8) is 0 Å². The van der Waals surface area contributed by atoms with Gasteiger partial charge in [-0.2, -0.15) is 0 Å². The zero-order valence-corrected chi connectivity index (χ0v) is 14.9. The van der Waals surface area contributed by atoms with Gasteiger partial charge in [0.05, 0.1) is 17.8 Å². The van der Waals surface area contributed by atoms with Crippen LogP contribution >= 0.6 is 23.6 Å². The van der Waals surface area contributed by atoms with Gasteiger partial charge in [0.1, 0.15) is 0 Å². The first-order valence-electron chi connectivity index (χ1n) is 8.30. The molecule has 0 aromatic carbocycles. The Morgan fingerprint density at radius 3 is 2.70 bits per heavy atom. The van der Waals surface area contributed by atoms with Crippen LogP contribution in [0.15, 0.2) is 36.5 Å². The number of nitrogens with one attached hydrogen (secondary N) is 1. The fourth-order valence-corrected chi connectivity index (χ4v) is 5.26. The minimum atomic E-state index is 0.141. The van der Waals surface area contributed by atoms with Crippen LogP contribution in [-0.4, -0.2) is 21.0 Å². The van der Waals surface area contributed by atoms with Crippen molar-refractivity contribution in [2.75, 3.05) is 0 Å². The molecule has 0 bridgehead atoms. The average Bonchev–Trinajstić information content (AvgIpc) is 3.27. The molecule has 0 amide bonds. The van der Waals surface area contributed by atoms with E-state index in [1.165, 1.54) is 35.4 Å². The van der Waals surface area contributed by atoms with Crippen LogP contribution in [0, 0.1) is 6.92 Å². The second kappa shape index (κ2) is 6.21. The highest BCUT2D eigenvalue weighted by molar-refractivity contribution is 7.80. The van der Waals surface area contributed by atoms with Crippen molar-refractivity contribution in [1.82, 2.24) is 15.2 Å². The van der Waals surface area contributed by atoms with E-state index in [9.17, 15) is 0 Å². The third-order valence-electron chi connectivity index (χ3n) is 4.91. The van der Waals surface area contributed by atoms with Gasteiger partial charge in [-0.05, 0) is 56.2 Å². The Kier molecular flexibility index (Phi) is 4.07. The van der Waals surface area contributed by atoms with Gasteiger partial charge in [0.2, 0.25) is 0 Å². The molecule has 3 nitrogen and oxygen atoms in total. The molecule has 1 N–H and O–H groups in total. The first-order chi connectivity index (χ1) is 11.2. The summed E-state index contributed by atoms with van der Waals surface area (Å²) >= 11 is 7.61. The molecule has 2 aliphatic rings. The quantitative estimate of drug-likeness (QED) is 0.838. The molecule has 120 valence electrons. The number of hydrogen-bond donors (Lipinski definition) is 1. The molecule has 1 saturated heterocycles. The second-order valence-electron chi connectivity index (χ2n) is 6.42. The monoisotopic (exact) mass is 343 g/mol. The lowest BCUT2D eigenvalue weighted by atomic mass is 10.0. The van der Waals surface area contributed by atoms with Crippen LogP contribution < -0.4 is 5.32 Å². The maximum Gasteiger partial charge on any atom is 0.170 e. The van der Waals surface area contributed by atoms with E-state index >= 15 is 0 Å². The van der Waals surface area contributed by atoms with Crippen LogP contribution in [0.5, 0.6) is 0 Å². The van der Waals surface area contributed by atoms with Crippen LogP contribution in [0.3, 0.4) is 0 Å². The van der Waals surface area contributed by atoms with E-state index in [1.807, 2.05) is 23.6 Å². The highest BCUT2D eigenvalue weighted by Crippen LogP contribution is 2.44. The highest BCUT2D eigenvalue weighted by atomic mass is 32.1. The lowest BCUT2D eigenvalue weighted by Gasteiger charge is -2.32. The molecular formula is C18H21N3S2. The smallest absolute Gasteiger partial charge is 0.170 e. The molecule has 2 atom stereocenters. The number of thiophene rings is 1. The molecule has 0 unspecified atom stereocenters. The van der Waals surface area contributed by atoms with Crippen molar-refractivity contribution < 1.29 is 0 Å². The van der Waals surface area contributed by atoms with Gasteiger partial charge in [0.25, 0.3) is 0 Å². The highest BCUT2D eigenvalue weighted by Gasteiger charge is 2.44. The van der Waals surface area contributed by atoms with Gasteiger partial charge in [-0.3, -0.25) is 4.98 Å². The van der Waals surface area contributed by atoms with Gasteiger partial charge in [0, 0.05) is 22.0 Å². The molecule has 1 aliphatic carbocycles. The average molecular weight is 344 g/mol. The van der Waals surface area contributed by atoms with Crippen molar-refractivity contribution in [2.24, 2.45) is 0 Å². The van der Waals surface area contributed by atoms with Crippen molar-refractivity contribution in [2.45, 2.75) is 50.7 Å². The molecule has 0 spiro atoms. The summed E-state index contributed by atoms with van der Waals surface area (Å²) in [6.07, 6.45) is 6.99. The lowest BCUT2D eigenvalue weighted by molar-refractivity contribution is 0.249. The lowest BCUT2D eigenvalue weighted by Crippen LogP contribution is -2.37. The van der Waals surface area contributed by atoms with Crippen LogP contribution in [-0.2, 0) is 0 Å². The van der Waals surface area contributed by atoms with E-state index in [4.69, 9.17) is 12.2 Å². The van der Waals surface area contributed by atoms with E-state index in [0.29, 0.717) is 6.04 Å². The van der Waals surface area contributed by atoms with Gasteiger partial charge in [-0.1, -0.05) is 18.9 Å². The predicted octanol–water partition coefficient (Wildman–Crippen LogP) is 4.37. The summed E-state index contributed by atoms with van der Waals surface area (Å²) in [6.45, 7) is 2.17. The molecular weight excluding hydrogens is 322 g/mol. The molecule has 1 aliphatic heterocycles. The number of hydrogen-bond acceptors (Lipinski definition) is 3. The fourth-order valence-electron chi connectivity index (χ4n) is 3.86. The first kappa shape index (κ1) is 15.1. The van der Waals surface area contributed by atoms with Crippen LogP contribution in [0.2, 0.25) is 0 Å². The Balaban J connectivity index is 1.75. The third-order valence-corrected chi connectivity index (χ3v) is 6.31. The summed E-state index contributed by atoms with van der Waals surface area (Å²) in [5, 5.41) is 4.45. The first-order valence-corrected chi connectivity index (χ1v) is 9.52. The Labute approximate surface area is 146 Å². The number of aryl methyl sites for hydroxylation is 1. The zero-order chi connectivity index (χ0) is 15.8. The van der Waals surface area contributed by atoms with E-state index in [1.54, 1.807) is 0 Å². The van der Waals surface area contributed by atoms with Crippen LogP contribution in [0.25, 0.3) is 0 Å². The van der Waals surface area contributed by atoms with Crippen LogP contribution in [0.1, 0.15) is 53.2 Å². The summed E-state index contributed by atoms with van der Waals surface area (Å²) in [4.78, 5) is 9.80.